The van der Waals surface area contributed by atoms with E-state index in [1.54, 1.807) is 0 Å². The van der Waals surface area contributed by atoms with Crippen LogP contribution in [0.4, 0.5) is 0 Å². The van der Waals surface area contributed by atoms with Crippen LogP contribution in [-0.4, -0.2) is 9.13 Å². The first-order valence-electron chi connectivity index (χ1n) is 15.1. The van der Waals surface area contributed by atoms with Crippen molar-refractivity contribution in [2.45, 2.75) is 0 Å². The Bertz CT molecular complexity index is 2470. The molecule has 2 heterocycles. The Morgan fingerprint density at radius 3 is 1.55 bits per heavy atom. The highest BCUT2D eigenvalue weighted by atomic mass is 15.0. The molecule has 2 nitrogen and oxygen atoms in total. The van der Waals surface area contributed by atoms with Crippen molar-refractivity contribution in [1.29, 1.82) is 0 Å². The van der Waals surface area contributed by atoms with Gasteiger partial charge in [-0.15, -0.1) is 0 Å². The van der Waals surface area contributed by atoms with Crippen LogP contribution < -0.4 is 0 Å². The minimum absolute atomic E-state index is 1.15. The van der Waals surface area contributed by atoms with Crippen molar-refractivity contribution in [2.24, 2.45) is 0 Å². The van der Waals surface area contributed by atoms with Gasteiger partial charge in [-0.1, -0.05) is 127 Å². The molecule has 7 aromatic carbocycles. The molecule has 0 aliphatic carbocycles. The molecule has 0 bridgehead atoms. The zero-order valence-corrected chi connectivity index (χ0v) is 24.1. The first kappa shape index (κ1) is 24.7. The van der Waals surface area contributed by atoms with Gasteiger partial charge in [-0.2, -0.15) is 0 Å². The fourth-order valence-electron chi connectivity index (χ4n) is 7.03. The summed E-state index contributed by atoms with van der Waals surface area (Å²) in [4.78, 5) is 0. The molecule has 0 atom stereocenters. The summed E-state index contributed by atoms with van der Waals surface area (Å²) in [6, 6.07) is 61.3. The lowest BCUT2D eigenvalue weighted by molar-refractivity contribution is 1.17. The molecule has 9 rings (SSSR count). The summed E-state index contributed by atoms with van der Waals surface area (Å²) in [6.45, 7) is 0. The van der Waals surface area contributed by atoms with Gasteiger partial charge in [0.25, 0.3) is 0 Å². The molecule has 0 saturated heterocycles. The summed E-state index contributed by atoms with van der Waals surface area (Å²) in [6.07, 6.45) is 0. The molecule has 0 saturated carbocycles. The summed E-state index contributed by atoms with van der Waals surface area (Å²) in [5.74, 6) is 0. The molecule has 0 spiro atoms. The standard InChI is InChI=1S/C42H28N2/c1-4-15-29(16-5-1)31-19-14-22-33(27-31)44-38-26-13-11-24-35(38)41-40-34-23-10-12-25-37(34)43(32-20-8-3-9-21-32)39(40)28-36(42(41)44)30-17-6-2-7-18-30/h1-28H. The zero-order chi connectivity index (χ0) is 29.0. The Hall–Kier alpha value is -5.86. The summed E-state index contributed by atoms with van der Waals surface area (Å²) in [5.41, 5.74) is 12.0. The fraction of sp³-hybridized carbons (Fsp3) is 0. The molecule has 0 N–H and O–H groups in total. The first-order valence-corrected chi connectivity index (χ1v) is 15.1. The second-order valence-electron chi connectivity index (χ2n) is 11.4. The highest BCUT2D eigenvalue weighted by Gasteiger charge is 2.24. The molecular weight excluding hydrogens is 532 g/mol. The number of aromatic nitrogens is 2. The van der Waals surface area contributed by atoms with Crippen LogP contribution in [0.15, 0.2) is 170 Å². The molecule has 0 unspecified atom stereocenters. The van der Waals surface area contributed by atoms with E-state index in [4.69, 9.17) is 0 Å². The summed E-state index contributed by atoms with van der Waals surface area (Å²) < 4.78 is 4.91. The van der Waals surface area contributed by atoms with E-state index < -0.39 is 0 Å². The lowest BCUT2D eigenvalue weighted by Gasteiger charge is -2.15. The molecule has 206 valence electrons. The average Bonchev–Trinajstić information content (AvgIpc) is 3.62. The molecular formula is C42H28N2. The normalized spacial score (nSPS) is 11.6. The van der Waals surface area contributed by atoms with Crippen molar-refractivity contribution < 1.29 is 0 Å². The second kappa shape index (κ2) is 9.86. The van der Waals surface area contributed by atoms with Gasteiger partial charge in [0.05, 0.1) is 22.1 Å². The molecule has 2 aromatic heterocycles. The lowest BCUT2D eigenvalue weighted by Crippen LogP contribution is -1.97. The summed E-state index contributed by atoms with van der Waals surface area (Å²) in [5, 5.41) is 5.09. The SMILES string of the molecule is c1ccc(-c2cccc(-n3c4ccccc4c4c5c6ccccc6n(-c6ccccc6)c5cc(-c5ccccc5)c43)c2)cc1. The predicted molar refractivity (Wildman–Crippen MR) is 186 cm³/mol. The van der Waals surface area contributed by atoms with Crippen LogP contribution in [0.25, 0.3) is 77.2 Å². The van der Waals surface area contributed by atoms with E-state index >= 15 is 0 Å². The molecule has 2 heteroatoms. The predicted octanol–water partition coefficient (Wildman–Crippen LogP) is 11.2. The third kappa shape index (κ3) is 3.68. The number of fused-ring (bicyclic) bond motifs is 7. The van der Waals surface area contributed by atoms with Gasteiger partial charge in [-0.25, -0.2) is 0 Å². The maximum absolute atomic E-state index is 2.48. The summed E-state index contributed by atoms with van der Waals surface area (Å²) in [7, 11) is 0. The largest absolute Gasteiger partial charge is 0.309 e. The first-order chi connectivity index (χ1) is 21.9. The van der Waals surface area contributed by atoms with E-state index in [1.165, 1.54) is 65.9 Å². The third-order valence-corrected chi connectivity index (χ3v) is 8.88. The average molecular weight is 561 g/mol. The quantitative estimate of drug-likeness (QED) is 0.203. The highest BCUT2D eigenvalue weighted by Crippen LogP contribution is 2.46. The Kier molecular flexibility index (Phi) is 5.54. The topological polar surface area (TPSA) is 9.86 Å². The van der Waals surface area contributed by atoms with Gasteiger partial charge in [-0.05, 0) is 59.2 Å². The van der Waals surface area contributed by atoms with E-state index in [9.17, 15) is 0 Å². The Morgan fingerprint density at radius 2 is 0.841 bits per heavy atom. The van der Waals surface area contributed by atoms with E-state index in [0.29, 0.717) is 0 Å². The van der Waals surface area contributed by atoms with E-state index in [2.05, 4.69) is 179 Å². The molecule has 0 radical (unpaired) electrons. The number of nitrogens with zero attached hydrogens (tertiary/aromatic N) is 2. The fourth-order valence-corrected chi connectivity index (χ4v) is 7.03. The Labute approximate surface area is 255 Å². The van der Waals surface area contributed by atoms with Crippen LogP contribution in [0, 0.1) is 0 Å². The van der Waals surface area contributed by atoms with Crippen LogP contribution >= 0.6 is 0 Å². The van der Waals surface area contributed by atoms with Crippen molar-refractivity contribution in [3.8, 4) is 33.6 Å². The monoisotopic (exact) mass is 560 g/mol. The molecule has 0 fully saturated rings. The minimum Gasteiger partial charge on any atom is -0.309 e. The number of para-hydroxylation sites is 3. The number of benzene rings is 7. The van der Waals surface area contributed by atoms with Crippen molar-refractivity contribution >= 4 is 43.6 Å². The van der Waals surface area contributed by atoms with E-state index in [1.807, 2.05) is 0 Å². The van der Waals surface area contributed by atoms with Gasteiger partial charge in [0.15, 0.2) is 0 Å². The Balaban J connectivity index is 1.51. The van der Waals surface area contributed by atoms with Crippen LogP contribution in [0.1, 0.15) is 0 Å². The van der Waals surface area contributed by atoms with Gasteiger partial charge in [0, 0.05) is 38.5 Å². The van der Waals surface area contributed by atoms with Crippen molar-refractivity contribution in [2.75, 3.05) is 0 Å². The molecule has 0 aliphatic heterocycles. The van der Waals surface area contributed by atoms with Crippen LogP contribution in [0.2, 0.25) is 0 Å². The maximum atomic E-state index is 2.48. The zero-order valence-electron chi connectivity index (χ0n) is 24.1. The molecule has 44 heavy (non-hydrogen) atoms. The lowest BCUT2D eigenvalue weighted by atomic mass is 9.97. The number of rotatable bonds is 4. The number of hydrogen-bond acceptors (Lipinski definition) is 0. The number of hydrogen-bond donors (Lipinski definition) is 0. The van der Waals surface area contributed by atoms with Gasteiger partial charge in [-0.3, -0.25) is 0 Å². The minimum atomic E-state index is 1.15. The van der Waals surface area contributed by atoms with E-state index in [-0.39, 0.29) is 0 Å². The van der Waals surface area contributed by atoms with Crippen LogP contribution in [0.3, 0.4) is 0 Å². The Morgan fingerprint density at radius 1 is 0.318 bits per heavy atom. The van der Waals surface area contributed by atoms with Gasteiger partial charge < -0.3 is 9.13 Å². The summed E-state index contributed by atoms with van der Waals surface area (Å²) >= 11 is 0. The van der Waals surface area contributed by atoms with Crippen molar-refractivity contribution in [1.82, 2.24) is 9.13 Å². The smallest absolute Gasteiger partial charge is 0.0627 e. The van der Waals surface area contributed by atoms with Gasteiger partial charge in [0.2, 0.25) is 0 Å². The maximum Gasteiger partial charge on any atom is 0.0627 e. The highest BCUT2D eigenvalue weighted by molar-refractivity contribution is 6.31. The van der Waals surface area contributed by atoms with Gasteiger partial charge >= 0.3 is 0 Å². The third-order valence-electron chi connectivity index (χ3n) is 8.88. The van der Waals surface area contributed by atoms with E-state index in [0.717, 1.165) is 11.4 Å². The van der Waals surface area contributed by atoms with Crippen LogP contribution in [0.5, 0.6) is 0 Å². The van der Waals surface area contributed by atoms with Crippen LogP contribution in [-0.2, 0) is 0 Å². The second-order valence-corrected chi connectivity index (χ2v) is 11.4. The van der Waals surface area contributed by atoms with Crippen molar-refractivity contribution in [3.05, 3.63) is 170 Å². The van der Waals surface area contributed by atoms with Crippen molar-refractivity contribution in [3.63, 3.8) is 0 Å². The molecule has 9 aromatic rings. The van der Waals surface area contributed by atoms with Gasteiger partial charge in [0.1, 0.15) is 0 Å². The molecule has 0 aliphatic rings. The molecule has 0 amide bonds.